The van der Waals surface area contributed by atoms with Crippen LogP contribution in [0.4, 0.5) is 0 Å². The molecule has 0 aliphatic rings. The second-order valence-electron chi connectivity index (χ2n) is 12.6. The minimum absolute atomic E-state index is 0.182. The Bertz CT molecular complexity index is 764. The van der Waals surface area contributed by atoms with E-state index in [1.54, 1.807) is 0 Å². The zero-order chi connectivity index (χ0) is 33.4. The molecule has 0 amide bonds. The third kappa shape index (κ3) is 36.6. The van der Waals surface area contributed by atoms with Crippen molar-refractivity contribution in [2.24, 2.45) is 0 Å². The van der Waals surface area contributed by atoms with Crippen molar-refractivity contribution in [2.45, 2.75) is 180 Å². The summed E-state index contributed by atoms with van der Waals surface area (Å²) in [7, 11) is 0. The quantitative estimate of drug-likeness (QED) is 0.0424. The van der Waals surface area contributed by atoms with Gasteiger partial charge in [-0.05, 0) is 77.0 Å². The second kappa shape index (κ2) is 39.3. The molecule has 0 saturated heterocycles. The third-order valence-corrected chi connectivity index (χ3v) is 8.08. The van der Waals surface area contributed by atoms with Gasteiger partial charge < -0.3 is 14.6 Å². The Kier molecular flexibility index (Phi) is 37.6. The van der Waals surface area contributed by atoms with Crippen LogP contribution in [0.5, 0.6) is 0 Å². The van der Waals surface area contributed by atoms with Gasteiger partial charge in [0, 0.05) is 13.0 Å². The summed E-state index contributed by atoms with van der Waals surface area (Å²) in [6.07, 6.45) is 51.2. The predicted octanol–water partition coefficient (Wildman–Crippen LogP) is 12.5. The molecule has 0 fully saturated rings. The van der Waals surface area contributed by atoms with E-state index in [9.17, 15) is 9.90 Å². The van der Waals surface area contributed by atoms with Crippen molar-refractivity contribution in [3.8, 4) is 0 Å². The third-order valence-electron chi connectivity index (χ3n) is 8.08. The fraction of sp³-hybridized carbons (Fsp3) is 0.738. The maximum Gasteiger partial charge on any atom is 0.306 e. The zero-order valence-electron chi connectivity index (χ0n) is 30.3. The number of allylic oxidation sites excluding steroid dienone is 10. The van der Waals surface area contributed by atoms with Crippen LogP contribution >= 0.6 is 0 Å². The lowest BCUT2D eigenvalue weighted by molar-refractivity contribution is -0.154. The minimum Gasteiger partial charge on any atom is -0.457 e. The second-order valence-corrected chi connectivity index (χ2v) is 12.6. The first-order chi connectivity index (χ1) is 22.7. The van der Waals surface area contributed by atoms with E-state index >= 15 is 0 Å². The summed E-state index contributed by atoms with van der Waals surface area (Å²) in [6.45, 7) is 5.19. The SMILES string of the molecule is CC/C=C\C/C=C\C/C=C\C/C=C\CCCCCCCCC(=O)OC(CO)COCCCCCCCC/C=C\CCCCCCC. The van der Waals surface area contributed by atoms with Gasteiger partial charge in [-0.2, -0.15) is 0 Å². The van der Waals surface area contributed by atoms with Crippen LogP contribution in [0, 0.1) is 0 Å². The van der Waals surface area contributed by atoms with Crippen molar-refractivity contribution in [3.05, 3.63) is 60.8 Å². The molecule has 4 nitrogen and oxygen atoms in total. The highest BCUT2D eigenvalue weighted by molar-refractivity contribution is 5.69. The van der Waals surface area contributed by atoms with E-state index < -0.39 is 6.10 Å². The van der Waals surface area contributed by atoms with Gasteiger partial charge >= 0.3 is 5.97 Å². The highest BCUT2D eigenvalue weighted by Gasteiger charge is 2.13. The zero-order valence-corrected chi connectivity index (χ0v) is 30.3. The van der Waals surface area contributed by atoms with Crippen LogP contribution in [-0.2, 0) is 14.3 Å². The molecule has 46 heavy (non-hydrogen) atoms. The molecule has 0 rings (SSSR count). The van der Waals surface area contributed by atoms with Gasteiger partial charge in [-0.25, -0.2) is 0 Å². The molecule has 0 aromatic rings. The van der Waals surface area contributed by atoms with Crippen LogP contribution in [-0.4, -0.2) is 37.0 Å². The monoisotopic (exact) mass is 643 g/mol. The summed E-state index contributed by atoms with van der Waals surface area (Å²) in [6, 6.07) is 0. The Morgan fingerprint density at radius 2 is 0.978 bits per heavy atom. The molecule has 1 atom stereocenters. The van der Waals surface area contributed by atoms with Crippen molar-refractivity contribution in [1.82, 2.24) is 0 Å². The standard InChI is InChI=1S/C42H74O4/c1-3-5-7-9-11-13-15-17-19-20-21-22-23-25-27-29-31-33-35-37-42(44)46-41(39-43)40-45-38-36-34-32-30-28-26-24-18-16-14-12-10-8-6-4-2/h5,7,11,13,16-19,21-22,41,43H,3-4,6,8-10,12,14-15,20,23-40H2,1-2H3/b7-5-,13-11-,18-16-,19-17-,22-21-. The number of aliphatic hydroxyl groups excluding tert-OH is 1. The summed E-state index contributed by atoms with van der Waals surface area (Å²) in [5.74, 6) is -0.219. The number of esters is 1. The summed E-state index contributed by atoms with van der Waals surface area (Å²) >= 11 is 0. The van der Waals surface area contributed by atoms with Crippen molar-refractivity contribution in [3.63, 3.8) is 0 Å². The number of carbonyl (C=O) groups is 1. The molecule has 0 heterocycles. The Hall–Kier alpha value is -1.91. The number of rotatable bonds is 35. The Balaban J connectivity index is 3.51. The molecular formula is C42H74O4. The summed E-state index contributed by atoms with van der Waals surface area (Å²) < 4.78 is 11.1. The number of hydrogen-bond acceptors (Lipinski definition) is 4. The lowest BCUT2D eigenvalue weighted by Crippen LogP contribution is -2.27. The van der Waals surface area contributed by atoms with Crippen molar-refractivity contribution in [1.29, 1.82) is 0 Å². The van der Waals surface area contributed by atoms with Crippen LogP contribution in [0.3, 0.4) is 0 Å². The number of aliphatic hydroxyl groups is 1. The molecule has 0 aliphatic heterocycles. The smallest absolute Gasteiger partial charge is 0.306 e. The van der Waals surface area contributed by atoms with Gasteiger partial charge in [-0.1, -0.05) is 152 Å². The first kappa shape index (κ1) is 44.1. The topological polar surface area (TPSA) is 55.8 Å². The molecule has 0 saturated carbocycles. The van der Waals surface area contributed by atoms with Crippen LogP contribution in [0.25, 0.3) is 0 Å². The van der Waals surface area contributed by atoms with Crippen LogP contribution in [0.1, 0.15) is 174 Å². The summed E-state index contributed by atoms with van der Waals surface area (Å²) in [4.78, 5) is 12.2. The molecule has 0 aromatic heterocycles. The van der Waals surface area contributed by atoms with Crippen LogP contribution in [0.2, 0.25) is 0 Å². The van der Waals surface area contributed by atoms with E-state index in [1.165, 1.54) is 96.3 Å². The largest absolute Gasteiger partial charge is 0.457 e. The van der Waals surface area contributed by atoms with Gasteiger partial charge in [-0.15, -0.1) is 0 Å². The van der Waals surface area contributed by atoms with Gasteiger partial charge in [0.25, 0.3) is 0 Å². The molecule has 1 N–H and O–H groups in total. The molecule has 0 spiro atoms. The molecule has 4 heteroatoms. The molecule has 0 bridgehead atoms. The summed E-state index contributed by atoms with van der Waals surface area (Å²) in [5, 5.41) is 9.57. The number of hydrogen-bond donors (Lipinski definition) is 1. The molecule has 0 radical (unpaired) electrons. The molecule has 266 valence electrons. The van der Waals surface area contributed by atoms with Gasteiger partial charge in [-0.3, -0.25) is 4.79 Å². The Morgan fingerprint density at radius 3 is 1.50 bits per heavy atom. The van der Waals surface area contributed by atoms with Gasteiger partial charge in [0.1, 0.15) is 6.10 Å². The Labute approximate surface area is 285 Å². The average molecular weight is 643 g/mol. The minimum atomic E-state index is -0.546. The van der Waals surface area contributed by atoms with E-state index in [-0.39, 0.29) is 19.2 Å². The molecule has 0 aliphatic carbocycles. The highest BCUT2D eigenvalue weighted by atomic mass is 16.6. The van der Waals surface area contributed by atoms with E-state index in [0.717, 1.165) is 57.8 Å². The van der Waals surface area contributed by atoms with Gasteiger partial charge in [0.2, 0.25) is 0 Å². The predicted molar refractivity (Wildman–Crippen MR) is 200 cm³/mol. The fourth-order valence-corrected chi connectivity index (χ4v) is 5.19. The lowest BCUT2D eigenvalue weighted by atomic mass is 10.1. The number of unbranched alkanes of at least 4 members (excludes halogenated alkanes) is 17. The van der Waals surface area contributed by atoms with E-state index in [1.807, 2.05) is 0 Å². The van der Waals surface area contributed by atoms with E-state index in [0.29, 0.717) is 13.0 Å². The highest BCUT2D eigenvalue weighted by Crippen LogP contribution is 2.12. The van der Waals surface area contributed by atoms with Gasteiger partial charge in [0.15, 0.2) is 0 Å². The molecule has 1 unspecified atom stereocenters. The maximum absolute atomic E-state index is 12.2. The van der Waals surface area contributed by atoms with Gasteiger partial charge in [0.05, 0.1) is 13.2 Å². The first-order valence-corrected chi connectivity index (χ1v) is 19.4. The van der Waals surface area contributed by atoms with Crippen molar-refractivity contribution >= 4 is 5.97 Å². The molecular weight excluding hydrogens is 568 g/mol. The fourth-order valence-electron chi connectivity index (χ4n) is 5.19. The number of carbonyl (C=O) groups excluding carboxylic acids is 1. The maximum atomic E-state index is 12.2. The molecule has 0 aromatic carbocycles. The van der Waals surface area contributed by atoms with E-state index in [2.05, 4.69) is 74.6 Å². The van der Waals surface area contributed by atoms with Crippen LogP contribution < -0.4 is 0 Å². The lowest BCUT2D eigenvalue weighted by Gasteiger charge is -2.15. The van der Waals surface area contributed by atoms with E-state index in [4.69, 9.17) is 9.47 Å². The Morgan fingerprint density at radius 1 is 0.543 bits per heavy atom. The first-order valence-electron chi connectivity index (χ1n) is 19.4. The number of ether oxygens (including phenoxy) is 2. The van der Waals surface area contributed by atoms with Crippen molar-refractivity contribution < 1.29 is 19.4 Å². The van der Waals surface area contributed by atoms with Crippen molar-refractivity contribution in [2.75, 3.05) is 19.8 Å². The normalized spacial score (nSPS) is 13.0. The summed E-state index contributed by atoms with van der Waals surface area (Å²) in [5.41, 5.74) is 0. The van der Waals surface area contributed by atoms with Crippen LogP contribution in [0.15, 0.2) is 60.8 Å². The average Bonchev–Trinajstić information content (AvgIpc) is 3.06.